The van der Waals surface area contributed by atoms with Crippen molar-refractivity contribution in [2.75, 3.05) is 12.4 Å². The van der Waals surface area contributed by atoms with E-state index in [9.17, 15) is 4.79 Å². The molecule has 0 aliphatic heterocycles. The number of carbonyl (C=O) groups is 1. The molecule has 3 nitrogen and oxygen atoms in total. The maximum atomic E-state index is 11.8. The first-order valence-corrected chi connectivity index (χ1v) is 8.17. The maximum absolute atomic E-state index is 11.8. The van der Waals surface area contributed by atoms with Gasteiger partial charge in [0.15, 0.2) is 0 Å². The third-order valence-corrected chi connectivity index (χ3v) is 4.69. The Morgan fingerprint density at radius 3 is 2.89 bits per heavy atom. The lowest BCUT2D eigenvalue weighted by atomic mass is 10.0. The first-order chi connectivity index (χ1) is 8.63. The molecule has 1 amide bonds. The van der Waals surface area contributed by atoms with Crippen LogP contribution < -0.4 is 5.32 Å². The lowest BCUT2D eigenvalue weighted by Gasteiger charge is -2.21. The number of rotatable bonds is 8. The van der Waals surface area contributed by atoms with E-state index < -0.39 is 0 Å². The van der Waals surface area contributed by atoms with Crippen molar-refractivity contribution in [3.05, 3.63) is 22.4 Å². The SMILES string of the molecule is CC(C)C(CCO)NC(=O)CSCc1cccs1. The van der Waals surface area contributed by atoms with Crippen LogP contribution in [0, 0.1) is 5.92 Å². The first kappa shape index (κ1) is 15.5. The largest absolute Gasteiger partial charge is 0.396 e. The summed E-state index contributed by atoms with van der Waals surface area (Å²) in [5, 5.41) is 14.0. The summed E-state index contributed by atoms with van der Waals surface area (Å²) in [6, 6.07) is 4.18. The van der Waals surface area contributed by atoms with Crippen LogP contribution in [-0.2, 0) is 10.5 Å². The standard InChI is InChI=1S/C13H21NO2S2/c1-10(2)12(5-6-15)14-13(16)9-17-8-11-4-3-7-18-11/h3-4,7,10,12,15H,5-6,8-9H2,1-2H3,(H,14,16). The van der Waals surface area contributed by atoms with Crippen molar-refractivity contribution in [1.82, 2.24) is 5.32 Å². The highest BCUT2D eigenvalue weighted by atomic mass is 32.2. The topological polar surface area (TPSA) is 49.3 Å². The number of aliphatic hydroxyl groups is 1. The summed E-state index contributed by atoms with van der Waals surface area (Å²) in [4.78, 5) is 13.0. The predicted octanol–water partition coefficient (Wildman–Crippen LogP) is 2.50. The number of thiophene rings is 1. The average molecular weight is 287 g/mol. The summed E-state index contributed by atoms with van der Waals surface area (Å²) in [5.41, 5.74) is 0. The molecule has 0 radical (unpaired) electrons. The second-order valence-corrected chi connectivity index (χ2v) is 6.52. The van der Waals surface area contributed by atoms with Crippen LogP contribution in [0.5, 0.6) is 0 Å². The molecule has 1 atom stereocenters. The molecule has 0 aromatic carbocycles. The van der Waals surface area contributed by atoms with Gasteiger partial charge < -0.3 is 10.4 Å². The molecule has 1 unspecified atom stereocenters. The lowest BCUT2D eigenvalue weighted by molar-refractivity contribution is -0.119. The monoisotopic (exact) mass is 287 g/mol. The van der Waals surface area contributed by atoms with Crippen molar-refractivity contribution >= 4 is 29.0 Å². The Morgan fingerprint density at radius 2 is 2.33 bits per heavy atom. The van der Waals surface area contributed by atoms with Crippen LogP contribution in [0.3, 0.4) is 0 Å². The van der Waals surface area contributed by atoms with Crippen molar-refractivity contribution in [2.45, 2.75) is 32.1 Å². The van der Waals surface area contributed by atoms with E-state index in [-0.39, 0.29) is 18.6 Å². The van der Waals surface area contributed by atoms with E-state index in [0.29, 0.717) is 18.1 Å². The molecular weight excluding hydrogens is 266 g/mol. The molecule has 0 spiro atoms. The molecule has 0 aliphatic rings. The lowest BCUT2D eigenvalue weighted by Crippen LogP contribution is -2.40. The highest BCUT2D eigenvalue weighted by Gasteiger charge is 2.15. The molecule has 1 heterocycles. The second-order valence-electron chi connectivity index (χ2n) is 4.50. The van der Waals surface area contributed by atoms with Crippen LogP contribution in [0.2, 0.25) is 0 Å². The van der Waals surface area contributed by atoms with E-state index in [4.69, 9.17) is 5.11 Å². The zero-order valence-corrected chi connectivity index (χ0v) is 12.5. The van der Waals surface area contributed by atoms with Crippen LogP contribution in [0.1, 0.15) is 25.1 Å². The Morgan fingerprint density at radius 1 is 1.56 bits per heavy atom. The summed E-state index contributed by atoms with van der Waals surface area (Å²) in [5.74, 6) is 1.77. The number of hydrogen-bond donors (Lipinski definition) is 2. The van der Waals surface area contributed by atoms with E-state index in [1.165, 1.54) is 4.88 Å². The Labute approximate surface area is 117 Å². The molecule has 1 aromatic rings. The van der Waals surface area contributed by atoms with Crippen LogP contribution >= 0.6 is 23.1 Å². The molecule has 0 aliphatic carbocycles. The molecule has 0 saturated carbocycles. The van der Waals surface area contributed by atoms with E-state index in [1.54, 1.807) is 23.1 Å². The summed E-state index contributed by atoms with van der Waals surface area (Å²) >= 11 is 3.34. The van der Waals surface area contributed by atoms with E-state index in [2.05, 4.69) is 25.2 Å². The van der Waals surface area contributed by atoms with Gasteiger partial charge in [-0.15, -0.1) is 23.1 Å². The minimum atomic E-state index is 0.0590. The summed E-state index contributed by atoms with van der Waals surface area (Å²) < 4.78 is 0. The van der Waals surface area contributed by atoms with Gasteiger partial charge in [-0.05, 0) is 23.8 Å². The predicted molar refractivity (Wildman–Crippen MR) is 79.0 cm³/mol. The van der Waals surface area contributed by atoms with Gasteiger partial charge in [0.25, 0.3) is 0 Å². The van der Waals surface area contributed by atoms with Crippen LogP contribution in [0.25, 0.3) is 0 Å². The van der Waals surface area contributed by atoms with Crippen LogP contribution in [0.4, 0.5) is 0 Å². The number of aliphatic hydroxyl groups excluding tert-OH is 1. The van der Waals surface area contributed by atoms with Gasteiger partial charge in [-0.25, -0.2) is 0 Å². The molecule has 5 heteroatoms. The van der Waals surface area contributed by atoms with Gasteiger partial charge in [-0.1, -0.05) is 19.9 Å². The minimum Gasteiger partial charge on any atom is -0.396 e. The molecule has 0 saturated heterocycles. The van der Waals surface area contributed by atoms with Gasteiger partial charge in [0.1, 0.15) is 0 Å². The molecule has 0 bridgehead atoms. The normalized spacial score (nSPS) is 12.7. The van der Waals surface area contributed by atoms with E-state index in [1.807, 2.05) is 11.4 Å². The van der Waals surface area contributed by atoms with Crippen molar-refractivity contribution < 1.29 is 9.90 Å². The fourth-order valence-corrected chi connectivity index (χ4v) is 3.28. The average Bonchev–Trinajstić information content (AvgIpc) is 2.81. The van der Waals surface area contributed by atoms with Crippen LogP contribution in [-0.4, -0.2) is 29.4 Å². The van der Waals surface area contributed by atoms with Gasteiger partial charge in [0, 0.05) is 23.3 Å². The molecule has 102 valence electrons. The molecule has 1 aromatic heterocycles. The van der Waals surface area contributed by atoms with Gasteiger partial charge in [0.05, 0.1) is 5.75 Å². The Kier molecular flexibility index (Phi) is 7.39. The van der Waals surface area contributed by atoms with Gasteiger partial charge >= 0.3 is 0 Å². The van der Waals surface area contributed by atoms with Crippen LogP contribution in [0.15, 0.2) is 17.5 Å². The van der Waals surface area contributed by atoms with E-state index >= 15 is 0 Å². The number of amides is 1. The third kappa shape index (κ3) is 5.89. The number of hydrogen-bond acceptors (Lipinski definition) is 4. The summed E-state index contributed by atoms with van der Waals surface area (Å²) in [7, 11) is 0. The quantitative estimate of drug-likeness (QED) is 0.772. The first-order valence-electron chi connectivity index (χ1n) is 6.13. The molecule has 2 N–H and O–H groups in total. The van der Waals surface area contributed by atoms with Crippen molar-refractivity contribution in [3.8, 4) is 0 Å². The van der Waals surface area contributed by atoms with Crippen molar-refractivity contribution in [2.24, 2.45) is 5.92 Å². The molecule has 1 rings (SSSR count). The zero-order valence-electron chi connectivity index (χ0n) is 10.9. The van der Waals surface area contributed by atoms with Crippen molar-refractivity contribution in [3.63, 3.8) is 0 Å². The number of nitrogens with one attached hydrogen (secondary N) is 1. The zero-order chi connectivity index (χ0) is 13.4. The fourth-order valence-electron chi connectivity index (χ4n) is 1.60. The number of thioether (sulfide) groups is 1. The minimum absolute atomic E-state index is 0.0590. The van der Waals surface area contributed by atoms with Gasteiger partial charge in [-0.2, -0.15) is 0 Å². The third-order valence-electron chi connectivity index (χ3n) is 2.65. The summed E-state index contributed by atoms with van der Waals surface area (Å²) in [6.45, 7) is 4.23. The van der Waals surface area contributed by atoms with Crippen molar-refractivity contribution in [1.29, 1.82) is 0 Å². The molecule has 0 fully saturated rings. The Hall–Kier alpha value is -0.520. The Balaban J connectivity index is 2.23. The van der Waals surface area contributed by atoms with Gasteiger partial charge in [0.2, 0.25) is 5.91 Å². The Bertz CT molecular complexity index is 339. The summed E-state index contributed by atoms with van der Waals surface area (Å²) in [6.07, 6.45) is 0.624. The fraction of sp³-hybridized carbons (Fsp3) is 0.615. The molecule has 18 heavy (non-hydrogen) atoms. The second kappa shape index (κ2) is 8.56. The smallest absolute Gasteiger partial charge is 0.230 e. The van der Waals surface area contributed by atoms with E-state index in [0.717, 1.165) is 5.75 Å². The number of carbonyl (C=O) groups excluding carboxylic acids is 1. The molecular formula is C13H21NO2S2. The maximum Gasteiger partial charge on any atom is 0.230 e. The highest BCUT2D eigenvalue weighted by Crippen LogP contribution is 2.17. The van der Waals surface area contributed by atoms with Gasteiger partial charge in [-0.3, -0.25) is 4.79 Å². The highest BCUT2D eigenvalue weighted by molar-refractivity contribution is 7.99.